The van der Waals surface area contributed by atoms with E-state index in [9.17, 15) is 19.6 Å². The molecule has 2 unspecified atom stereocenters. The fourth-order valence-corrected chi connectivity index (χ4v) is 5.03. The number of hydrogen-bond acceptors (Lipinski definition) is 4. The molecule has 5 rings (SSSR count). The number of aliphatic carboxylic acids is 1. The van der Waals surface area contributed by atoms with Crippen molar-refractivity contribution in [2.24, 2.45) is 0 Å². The maximum absolute atomic E-state index is 16.0. The number of ether oxygens (including phenoxy) is 1. The maximum Gasteiger partial charge on any atom is 0.332 e. The number of carboxylic acid groups (broad SMARTS) is 1. The number of aromatic amines is 1. The number of nitrogens with zero attached hydrogens (tertiary/aromatic N) is 3. The molecule has 2 N–H and O–H groups in total. The highest BCUT2D eigenvalue weighted by Gasteiger charge is 2.40. The molecule has 2 aromatic carbocycles. The molecule has 1 aliphatic rings. The summed E-state index contributed by atoms with van der Waals surface area (Å²) in [5, 5.41) is 26.6. The first kappa shape index (κ1) is 22.0. The van der Waals surface area contributed by atoms with Gasteiger partial charge < -0.3 is 14.4 Å². The van der Waals surface area contributed by atoms with E-state index in [2.05, 4.69) is 16.3 Å². The number of hydrogen-bond donors (Lipinski definition) is 2. The Morgan fingerprint density at radius 3 is 2.74 bits per heavy atom. The van der Waals surface area contributed by atoms with Gasteiger partial charge in [0.05, 0.1) is 24.4 Å². The van der Waals surface area contributed by atoms with Gasteiger partial charge in [-0.1, -0.05) is 13.8 Å². The van der Waals surface area contributed by atoms with Crippen LogP contribution in [0.1, 0.15) is 43.9 Å². The molecule has 3 heterocycles. The predicted molar refractivity (Wildman–Crippen MR) is 121 cm³/mol. The minimum atomic E-state index is -1.07. The van der Waals surface area contributed by atoms with Crippen LogP contribution in [0.15, 0.2) is 36.5 Å². The third-order valence-electron chi connectivity index (χ3n) is 6.57. The third kappa shape index (κ3) is 3.33. The number of benzene rings is 2. The summed E-state index contributed by atoms with van der Waals surface area (Å²) in [5.74, 6) is -2.39. The van der Waals surface area contributed by atoms with Crippen LogP contribution < -0.4 is 0 Å². The van der Waals surface area contributed by atoms with Gasteiger partial charge in [0.2, 0.25) is 0 Å². The van der Waals surface area contributed by atoms with Crippen molar-refractivity contribution in [1.29, 1.82) is 5.26 Å². The second-order valence-electron chi connectivity index (χ2n) is 9.30. The molecule has 4 aromatic rings. The number of nitrogens with one attached hydrogen (secondary N) is 1. The zero-order valence-electron chi connectivity index (χ0n) is 18.6. The molecule has 174 valence electrons. The van der Waals surface area contributed by atoms with Crippen LogP contribution >= 0.6 is 0 Å². The first-order chi connectivity index (χ1) is 16.2. The smallest absolute Gasteiger partial charge is 0.332 e. The standard InChI is InChI=1S/C25H22F2N4O3/c1-25(2,7-8-28)23-19(14-10-18(24(32)33)34-12-14)20-17(9-13-11-29-30-22(13)21(20)27)31(23)16-5-3-15(26)4-6-16/h3-6,9,11,14,18H,7,10,12H2,1-2H3,(H,29,30)(H,32,33). The highest BCUT2D eigenvalue weighted by molar-refractivity contribution is 6.00. The van der Waals surface area contributed by atoms with Crippen LogP contribution in [-0.4, -0.2) is 38.6 Å². The third-order valence-corrected chi connectivity index (χ3v) is 6.57. The molecule has 2 aromatic heterocycles. The molecule has 0 spiro atoms. The van der Waals surface area contributed by atoms with Crippen molar-refractivity contribution in [1.82, 2.24) is 14.8 Å². The van der Waals surface area contributed by atoms with Gasteiger partial charge in [-0.2, -0.15) is 10.4 Å². The lowest BCUT2D eigenvalue weighted by molar-refractivity contribution is -0.147. The van der Waals surface area contributed by atoms with E-state index in [0.29, 0.717) is 33.2 Å². The van der Waals surface area contributed by atoms with Gasteiger partial charge in [-0.25, -0.2) is 13.6 Å². The molecule has 1 fully saturated rings. The van der Waals surface area contributed by atoms with Crippen molar-refractivity contribution < 1.29 is 23.4 Å². The van der Waals surface area contributed by atoms with E-state index in [1.54, 1.807) is 18.2 Å². The van der Waals surface area contributed by atoms with E-state index in [4.69, 9.17) is 4.74 Å². The fourth-order valence-electron chi connectivity index (χ4n) is 5.03. The second kappa shape index (κ2) is 7.92. The van der Waals surface area contributed by atoms with Crippen LogP contribution in [0.4, 0.5) is 8.78 Å². The van der Waals surface area contributed by atoms with Gasteiger partial charge in [0.15, 0.2) is 11.9 Å². The number of fused-ring (bicyclic) bond motifs is 2. The number of halogens is 2. The molecule has 0 saturated carbocycles. The molecule has 0 radical (unpaired) electrons. The van der Waals surface area contributed by atoms with E-state index in [1.165, 1.54) is 18.3 Å². The number of H-pyrrole nitrogens is 1. The van der Waals surface area contributed by atoms with Crippen molar-refractivity contribution in [2.45, 2.75) is 44.1 Å². The van der Waals surface area contributed by atoms with Crippen molar-refractivity contribution >= 4 is 27.8 Å². The van der Waals surface area contributed by atoms with Crippen molar-refractivity contribution in [3.63, 3.8) is 0 Å². The SMILES string of the molecule is CC(C)(CC#N)c1c(C2COC(C(=O)O)C2)c2c(F)c3[nH]ncc3cc2n1-c1ccc(F)cc1. The van der Waals surface area contributed by atoms with E-state index in [-0.39, 0.29) is 25.0 Å². The number of aromatic nitrogens is 3. The van der Waals surface area contributed by atoms with E-state index < -0.39 is 35.0 Å². The van der Waals surface area contributed by atoms with Crippen molar-refractivity contribution in [3.05, 3.63) is 59.4 Å². The molecule has 9 heteroatoms. The van der Waals surface area contributed by atoms with Gasteiger partial charge in [-0.05, 0) is 42.3 Å². The highest BCUT2D eigenvalue weighted by Crippen LogP contribution is 2.47. The zero-order chi connectivity index (χ0) is 24.2. The Hall–Kier alpha value is -3.77. The summed E-state index contributed by atoms with van der Waals surface area (Å²) in [5.41, 5.74) is 1.93. The zero-order valence-corrected chi connectivity index (χ0v) is 18.6. The lowest BCUT2D eigenvalue weighted by Gasteiger charge is -2.28. The summed E-state index contributed by atoms with van der Waals surface area (Å²) in [4.78, 5) is 11.6. The largest absolute Gasteiger partial charge is 0.479 e. The van der Waals surface area contributed by atoms with Crippen molar-refractivity contribution in [3.8, 4) is 11.8 Å². The minimum Gasteiger partial charge on any atom is -0.479 e. The number of nitriles is 1. The Labute approximate surface area is 193 Å². The van der Waals surface area contributed by atoms with Gasteiger partial charge in [0.1, 0.15) is 11.3 Å². The van der Waals surface area contributed by atoms with Crippen LogP contribution in [-0.2, 0) is 14.9 Å². The molecular formula is C25H22F2N4O3. The maximum atomic E-state index is 16.0. The van der Waals surface area contributed by atoms with Crippen molar-refractivity contribution in [2.75, 3.05) is 6.61 Å². The quantitative estimate of drug-likeness (QED) is 0.436. The summed E-state index contributed by atoms with van der Waals surface area (Å²) in [6.45, 7) is 3.89. The van der Waals surface area contributed by atoms with Crippen LogP contribution in [0.3, 0.4) is 0 Å². The number of carboxylic acids is 1. The van der Waals surface area contributed by atoms with Crippen LogP contribution in [0.25, 0.3) is 27.5 Å². The summed E-state index contributed by atoms with van der Waals surface area (Å²) >= 11 is 0. The lowest BCUT2D eigenvalue weighted by atomic mass is 9.79. The van der Waals surface area contributed by atoms with Crippen LogP contribution in [0, 0.1) is 23.0 Å². The molecule has 2 atom stereocenters. The molecule has 7 nitrogen and oxygen atoms in total. The summed E-state index contributed by atoms with van der Waals surface area (Å²) in [7, 11) is 0. The number of carbonyl (C=O) groups is 1. The second-order valence-corrected chi connectivity index (χ2v) is 9.30. The first-order valence-electron chi connectivity index (χ1n) is 10.9. The van der Waals surface area contributed by atoms with Crippen LogP contribution in [0.2, 0.25) is 0 Å². The summed E-state index contributed by atoms with van der Waals surface area (Å²) < 4.78 is 37.2. The average molecular weight is 464 g/mol. The van der Waals surface area contributed by atoms with Gasteiger partial charge >= 0.3 is 5.97 Å². The molecule has 0 aliphatic carbocycles. The predicted octanol–water partition coefficient (Wildman–Crippen LogP) is 4.93. The van der Waals surface area contributed by atoms with Gasteiger partial charge in [0.25, 0.3) is 0 Å². The Morgan fingerprint density at radius 2 is 2.09 bits per heavy atom. The molecular weight excluding hydrogens is 442 g/mol. The fraction of sp³-hybridized carbons (Fsp3) is 0.320. The highest BCUT2D eigenvalue weighted by atomic mass is 19.1. The van der Waals surface area contributed by atoms with Crippen LogP contribution in [0.5, 0.6) is 0 Å². The Morgan fingerprint density at radius 1 is 1.35 bits per heavy atom. The average Bonchev–Trinajstić information content (AvgIpc) is 3.51. The Balaban J connectivity index is 1.92. The topological polar surface area (TPSA) is 104 Å². The summed E-state index contributed by atoms with van der Waals surface area (Å²) in [6.07, 6.45) is 0.835. The van der Waals surface area contributed by atoms with E-state index in [1.807, 2.05) is 18.4 Å². The molecule has 34 heavy (non-hydrogen) atoms. The Bertz CT molecular complexity index is 1460. The number of rotatable bonds is 5. The van der Waals surface area contributed by atoms with Gasteiger partial charge in [-0.3, -0.25) is 5.10 Å². The normalized spacial score (nSPS) is 18.6. The monoisotopic (exact) mass is 464 g/mol. The molecule has 1 saturated heterocycles. The molecule has 0 bridgehead atoms. The minimum absolute atomic E-state index is 0.107. The molecule has 1 aliphatic heterocycles. The lowest BCUT2D eigenvalue weighted by Crippen LogP contribution is -2.24. The van der Waals surface area contributed by atoms with Gasteiger partial charge in [0, 0.05) is 39.9 Å². The first-order valence-corrected chi connectivity index (χ1v) is 10.9. The van der Waals surface area contributed by atoms with Gasteiger partial charge in [-0.15, -0.1) is 0 Å². The Kier molecular flexibility index (Phi) is 5.14. The summed E-state index contributed by atoms with van der Waals surface area (Å²) in [6, 6.07) is 9.89. The molecule has 0 amide bonds. The van der Waals surface area contributed by atoms with E-state index >= 15 is 4.39 Å². The van der Waals surface area contributed by atoms with E-state index in [0.717, 1.165) is 0 Å².